The van der Waals surface area contributed by atoms with E-state index in [1.165, 1.54) is 12.1 Å². The van der Waals surface area contributed by atoms with Gasteiger partial charge in [0.1, 0.15) is 5.82 Å². The number of halogens is 1. The van der Waals surface area contributed by atoms with Crippen LogP contribution < -0.4 is 5.73 Å². The highest BCUT2D eigenvalue weighted by Gasteiger charge is 2.07. The van der Waals surface area contributed by atoms with Crippen LogP contribution in [0.4, 0.5) is 4.39 Å². The van der Waals surface area contributed by atoms with Crippen molar-refractivity contribution < 1.29 is 14.3 Å². The summed E-state index contributed by atoms with van der Waals surface area (Å²) >= 11 is 0. The molecule has 4 heteroatoms. The fourth-order valence-corrected chi connectivity index (χ4v) is 1.33. The molecule has 0 saturated carbocycles. The van der Waals surface area contributed by atoms with Crippen molar-refractivity contribution in [3.8, 4) is 0 Å². The van der Waals surface area contributed by atoms with Crippen LogP contribution in [-0.4, -0.2) is 17.1 Å². The van der Waals surface area contributed by atoms with Crippen LogP contribution in [0.25, 0.3) is 0 Å². The summed E-state index contributed by atoms with van der Waals surface area (Å²) < 4.78 is 12.6. The van der Waals surface area contributed by atoms with E-state index in [1.54, 1.807) is 12.1 Å². The average molecular weight is 211 g/mol. The Morgan fingerprint density at radius 2 is 2.00 bits per heavy atom. The molecule has 0 spiro atoms. The molecule has 1 atom stereocenters. The fraction of sp³-hybridized carbons (Fsp3) is 0.364. The number of carboxylic acid groups (broad SMARTS) is 1. The predicted octanol–water partition coefficient (Wildman–Crippen LogP) is 1.56. The highest BCUT2D eigenvalue weighted by atomic mass is 19.1. The molecule has 3 N–H and O–H groups in total. The molecule has 1 aromatic rings. The van der Waals surface area contributed by atoms with Gasteiger partial charge in [-0.1, -0.05) is 12.1 Å². The van der Waals surface area contributed by atoms with Gasteiger partial charge in [0.2, 0.25) is 0 Å². The maximum absolute atomic E-state index is 12.6. The van der Waals surface area contributed by atoms with Gasteiger partial charge in [0.15, 0.2) is 0 Å². The Morgan fingerprint density at radius 3 is 2.53 bits per heavy atom. The lowest BCUT2D eigenvalue weighted by Crippen LogP contribution is -2.24. The van der Waals surface area contributed by atoms with Gasteiger partial charge < -0.3 is 10.8 Å². The number of nitrogens with two attached hydrogens (primary N) is 1. The Labute approximate surface area is 87.7 Å². The molecule has 0 aliphatic heterocycles. The summed E-state index contributed by atoms with van der Waals surface area (Å²) in [5, 5.41) is 8.49. The summed E-state index contributed by atoms with van der Waals surface area (Å²) in [7, 11) is 0. The van der Waals surface area contributed by atoms with Crippen LogP contribution in [0.2, 0.25) is 0 Å². The Morgan fingerprint density at radius 1 is 1.40 bits per heavy atom. The average Bonchev–Trinajstić information content (AvgIpc) is 2.16. The van der Waals surface area contributed by atoms with Crippen LogP contribution in [-0.2, 0) is 11.2 Å². The van der Waals surface area contributed by atoms with E-state index < -0.39 is 5.97 Å². The first-order valence-electron chi connectivity index (χ1n) is 4.80. The van der Waals surface area contributed by atoms with Crippen LogP contribution in [0.1, 0.15) is 18.4 Å². The molecule has 82 valence electrons. The molecule has 0 heterocycles. The van der Waals surface area contributed by atoms with Gasteiger partial charge in [-0.15, -0.1) is 0 Å². The topological polar surface area (TPSA) is 63.3 Å². The molecule has 0 bridgehead atoms. The zero-order chi connectivity index (χ0) is 11.3. The Kier molecular flexibility index (Phi) is 4.24. The van der Waals surface area contributed by atoms with Crippen molar-refractivity contribution in [3.05, 3.63) is 35.6 Å². The van der Waals surface area contributed by atoms with Gasteiger partial charge in [0.05, 0.1) is 6.42 Å². The second-order valence-electron chi connectivity index (χ2n) is 3.52. The van der Waals surface area contributed by atoms with Gasteiger partial charge in [0.25, 0.3) is 0 Å². The lowest BCUT2D eigenvalue weighted by molar-refractivity contribution is -0.137. The van der Waals surface area contributed by atoms with Crippen molar-refractivity contribution in [2.75, 3.05) is 0 Å². The molecule has 0 aromatic heterocycles. The molecular weight excluding hydrogens is 197 g/mol. The van der Waals surface area contributed by atoms with Gasteiger partial charge in [-0.05, 0) is 30.5 Å². The summed E-state index contributed by atoms with van der Waals surface area (Å²) in [5.74, 6) is -1.16. The monoisotopic (exact) mass is 211 g/mol. The number of carboxylic acids is 1. The third kappa shape index (κ3) is 4.56. The molecule has 1 unspecified atom stereocenters. The van der Waals surface area contributed by atoms with Crippen molar-refractivity contribution >= 4 is 5.97 Å². The van der Waals surface area contributed by atoms with Crippen LogP contribution in [0.5, 0.6) is 0 Å². The summed E-state index contributed by atoms with van der Waals surface area (Å²) in [6.45, 7) is 0. The van der Waals surface area contributed by atoms with Crippen LogP contribution in [0.15, 0.2) is 24.3 Å². The smallest absolute Gasteiger partial charge is 0.304 e. The number of aryl methyl sites for hydroxylation is 1. The van der Waals surface area contributed by atoms with E-state index in [-0.39, 0.29) is 18.3 Å². The van der Waals surface area contributed by atoms with E-state index in [1.807, 2.05) is 0 Å². The summed E-state index contributed by atoms with van der Waals surface area (Å²) in [4.78, 5) is 10.3. The minimum absolute atomic E-state index is 0.0266. The van der Waals surface area contributed by atoms with Gasteiger partial charge in [0, 0.05) is 6.04 Å². The second kappa shape index (κ2) is 5.46. The minimum atomic E-state index is -0.887. The molecule has 3 nitrogen and oxygen atoms in total. The van der Waals surface area contributed by atoms with E-state index >= 15 is 0 Å². The molecule has 1 rings (SSSR count). The number of aliphatic carboxylic acids is 1. The summed E-state index contributed by atoms with van der Waals surface area (Å²) in [6.07, 6.45) is 1.24. The minimum Gasteiger partial charge on any atom is -0.481 e. The number of hydrogen-bond acceptors (Lipinski definition) is 2. The SMILES string of the molecule is NC(CCc1ccc(F)cc1)CC(=O)O. The van der Waals surface area contributed by atoms with Crippen LogP contribution in [0, 0.1) is 5.82 Å². The van der Waals surface area contributed by atoms with Crippen LogP contribution in [0.3, 0.4) is 0 Å². The van der Waals surface area contributed by atoms with Gasteiger partial charge >= 0.3 is 5.97 Å². The maximum Gasteiger partial charge on any atom is 0.304 e. The molecular formula is C11H14FNO2. The molecule has 1 aromatic carbocycles. The first-order valence-corrected chi connectivity index (χ1v) is 4.80. The van der Waals surface area contributed by atoms with Crippen molar-refractivity contribution in [2.24, 2.45) is 5.73 Å². The van der Waals surface area contributed by atoms with Crippen molar-refractivity contribution in [3.63, 3.8) is 0 Å². The molecule has 0 aliphatic rings. The van der Waals surface area contributed by atoms with Gasteiger partial charge in [-0.25, -0.2) is 4.39 Å². The Bertz CT molecular complexity index is 324. The van der Waals surface area contributed by atoms with Crippen molar-refractivity contribution in [1.82, 2.24) is 0 Å². The maximum atomic E-state index is 12.6. The molecule has 0 radical (unpaired) electrons. The van der Waals surface area contributed by atoms with E-state index in [0.717, 1.165) is 5.56 Å². The Hall–Kier alpha value is -1.42. The molecule has 0 saturated heterocycles. The standard InChI is InChI=1S/C11H14FNO2/c12-9-4-1-8(2-5-9)3-6-10(13)7-11(14)15/h1-2,4-5,10H,3,6-7,13H2,(H,14,15). The van der Waals surface area contributed by atoms with Crippen molar-refractivity contribution in [2.45, 2.75) is 25.3 Å². The molecule has 0 fully saturated rings. The first kappa shape index (κ1) is 11.7. The summed E-state index contributed by atoms with van der Waals surface area (Å²) in [6, 6.07) is 5.80. The van der Waals surface area contributed by atoms with Crippen LogP contribution >= 0.6 is 0 Å². The number of carbonyl (C=O) groups is 1. The summed E-state index contributed by atoms with van der Waals surface area (Å²) in [5.41, 5.74) is 6.57. The van der Waals surface area contributed by atoms with E-state index in [4.69, 9.17) is 10.8 Å². The fourth-order valence-electron chi connectivity index (χ4n) is 1.33. The van der Waals surface area contributed by atoms with Gasteiger partial charge in [-0.2, -0.15) is 0 Å². The first-order chi connectivity index (χ1) is 7.08. The highest BCUT2D eigenvalue weighted by molar-refractivity contribution is 5.67. The second-order valence-corrected chi connectivity index (χ2v) is 3.52. The molecule has 15 heavy (non-hydrogen) atoms. The predicted molar refractivity (Wildman–Crippen MR) is 54.9 cm³/mol. The number of hydrogen-bond donors (Lipinski definition) is 2. The lowest BCUT2D eigenvalue weighted by Gasteiger charge is -2.08. The molecule has 0 aliphatic carbocycles. The number of rotatable bonds is 5. The van der Waals surface area contributed by atoms with E-state index in [0.29, 0.717) is 12.8 Å². The number of benzene rings is 1. The third-order valence-electron chi connectivity index (χ3n) is 2.15. The highest BCUT2D eigenvalue weighted by Crippen LogP contribution is 2.07. The van der Waals surface area contributed by atoms with E-state index in [2.05, 4.69) is 0 Å². The largest absolute Gasteiger partial charge is 0.481 e. The zero-order valence-corrected chi connectivity index (χ0v) is 8.32. The van der Waals surface area contributed by atoms with Gasteiger partial charge in [-0.3, -0.25) is 4.79 Å². The molecule has 0 amide bonds. The Balaban J connectivity index is 2.36. The zero-order valence-electron chi connectivity index (χ0n) is 8.32. The quantitative estimate of drug-likeness (QED) is 0.776. The van der Waals surface area contributed by atoms with E-state index in [9.17, 15) is 9.18 Å². The third-order valence-corrected chi connectivity index (χ3v) is 2.15. The van der Waals surface area contributed by atoms with Crippen molar-refractivity contribution in [1.29, 1.82) is 0 Å². The normalized spacial score (nSPS) is 12.4. The lowest BCUT2D eigenvalue weighted by atomic mass is 10.0.